The van der Waals surface area contributed by atoms with Crippen LogP contribution in [0.2, 0.25) is 0 Å². The summed E-state index contributed by atoms with van der Waals surface area (Å²) in [5, 5.41) is 0. The topological polar surface area (TPSA) is 77.5 Å². The lowest BCUT2D eigenvalue weighted by atomic mass is 9.72. The fourth-order valence-corrected chi connectivity index (χ4v) is 7.20. The lowest BCUT2D eigenvalue weighted by Crippen LogP contribution is -2.68. The number of benzene rings is 2. The molecule has 0 spiro atoms. The molecule has 5 rings (SSSR count). The van der Waals surface area contributed by atoms with Crippen LogP contribution in [0, 0.1) is 20.8 Å². The van der Waals surface area contributed by atoms with Gasteiger partial charge in [-0.2, -0.15) is 0 Å². The van der Waals surface area contributed by atoms with Crippen LogP contribution in [0.25, 0.3) is 0 Å². The molecule has 3 heterocycles. The van der Waals surface area contributed by atoms with Gasteiger partial charge < -0.3 is 23.8 Å². The third-order valence-electron chi connectivity index (χ3n) is 8.63. The Morgan fingerprint density at radius 3 is 2.03 bits per heavy atom. The van der Waals surface area contributed by atoms with Crippen molar-refractivity contribution in [2.24, 2.45) is 0 Å². The first-order valence-corrected chi connectivity index (χ1v) is 12.8. The number of hydrogen-bond acceptors (Lipinski definition) is 7. The zero-order valence-electron chi connectivity index (χ0n) is 23.1. The van der Waals surface area contributed by atoms with Crippen LogP contribution in [-0.2, 0) is 11.2 Å². The second-order valence-corrected chi connectivity index (χ2v) is 10.2. The van der Waals surface area contributed by atoms with E-state index in [2.05, 4.69) is 17.9 Å². The number of fused-ring (bicyclic) bond motifs is 7. The van der Waals surface area contributed by atoms with Gasteiger partial charge >= 0.3 is 0 Å². The van der Waals surface area contributed by atoms with E-state index in [0.717, 1.165) is 28.0 Å². The number of ether oxygens (including phenoxy) is 4. The molecule has 0 aliphatic carbocycles. The van der Waals surface area contributed by atoms with E-state index >= 15 is 0 Å². The van der Waals surface area contributed by atoms with Crippen molar-refractivity contribution in [1.29, 1.82) is 0 Å². The fourth-order valence-electron chi connectivity index (χ4n) is 7.20. The number of carbonyl (C=O) groups excluding carboxylic acids is 2. The van der Waals surface area contributed by atoms with Gasteiger partial charge in [0.2, 0.25) is 5.91 Å². The largest absolute Gasteiger partial charge is 0.496 e. The third-order valence-corrected chi connectivity index (χ3v) is 8.63. The molecule has 0 saturated carbocycles. The Bertz CT molecular complexity index is 1320. The number of carbonyl (C=O) groups is 2. The van der Waals surface area contributed by atoms with E-state index in [-0.39, 0.29) is 29.8 Å². The first kappa shape index (κ1) is 25.4. The Morgan fingerprint density at radius 1 is 0.838 bits per heavy atom. The van der Waals surface area contributed by atoms with E-state index in [9.17, 15) is 9.59 Å². The standard InChI is InChI=1S/C29H36N2O6/c1-10-17-20-21(26(35-7)15(4)27(36-8)28(20)37-9)24(32)23-22-19-14(3)25(34-6)13(2)11-16(19)12-18(30(22)5)29(33)31(17)23/h11,17-18,22-23H,10,12H2,1-9H3/t17-,18-,22+,23?/m0/s1. The predicted molar refractivity (Wildman–Crippen MR) is 139 cm³/mol. The monoisotopic (exact) mass is 508 g/mol. The van der Waals surface area contributed by atoms with Crippen LogP contribution >= 0.6 is 0 Å². The van der Waals surface area contributed by atoms with Gasteiger partial charge in [-0.25, -0.2) is 0 Å². The minimum absolute atomic E-state index is 0.0352. The second-order valence-electron chi connectivity index (χ2n) is 10.2. The normalized spacial score (nSPS) is 24.3. The highest BCUT2D eigenvalue weighted by Crippen LogP contribution is 2.56. The van der Waals surface area contributed by atoms with Crippen LogP contribution < -0.4 is 18.9 Å². The summed E-state index contributed by atoms with van der Waals surface area (Å²) in [5.74, 6) is 2.13. The van der Waals surface area contributed by atoms with Gasteiger partial charge in [-0.1, -0.05) is 13.0 Å². The number of nitrogens with zero attached hydrogens (tertiary/aromatic N) is 2. The van der Waals surface area contributed by atoms with Crippen molar-refractivity contribution in [1.82, 2.24) is 9.80 Å². The molecule has 3 aliphatic rings. The number of piperazine rings is 1. The van der Waals surface area contributed by atoms with E-state index in [1.807, 2.05) is 32.7 Å². The van der Waals surface area contributed by atoms with Crippen LogP contribution in [0.3, 0.4) is 0 Å². The maximum absolute atomic E-state index is 14.6. The summed E-state index contributed by atoms with van der Waals surface area (Å²) < 4.78 is 23.2. The van der Waals surface area contributed by atoms with E-state index in [1.54, 1.807) is 28.4 Å². The second kappa shape index (κ2) is 8.94. The highest BCUT2D eigenvalue weighted by atomic mass is 16.5. The summed E-state index contributed by atoms with van der Waals surface area (Å²) in [5.41, 5.74) is 6.08. The SMILES string of the molecule is CC[C@H]1c2c(OC)c(OC)c(C)c(OC)c2C(=O)C2[C@H]3c4c(cc(C)c(OC)c4C)C[C@@H](C(=O)N21)N3C. The molecule has 198 valence electrons. The maximum Gasteiger partial charge on any atom is 0.241 e. The number of Topliss-reactive ketones (excluding diaryl/α,β-unsaturated/α-hetero) is 1. The van der Waals surface area contributed by atoms with Gasteiger partial charge in [-0.15, -0.1) is 0 Å². The molecule has 8 nitrogen and oxygen atoms in total. The van der Waals surface area contributed by atoms with E-state index < -0.39 is 6.04 Å². The number of amides is 1. The van der Waals surface area contributed by atoms with Crippen molar-refractivity contribution in [2.75, 3.05) is 35.5 Å². The number of methoxy groups -OCH3 is 4. The quantitative estimate of drug-likeness (QED) is 0.602. The van der Waals surface area contributed by atoms with Crippen molar-refractivity contribution < 1.29 is 28.5 Å². The van der Waals surface area contributed by atoms with Crippen molar-refractivity contribution >= 4 is 11.7 Å². The average molecular weight is 509 g/mol. The average Bonchev–Trinajstić information content (AvgIpc) is 2.87. The third kappa shape index (κ3) is 3.17. The Labute approximate surface area is 218 Å². The van der Waals surface area contributed by atoms with Gasteiger partial charge in [0.25, 0.3) is 0 Å². The Balaban J connectivity index is 1.84. The molecule has 3 aliphatic heterocycles. The maximum atomic E-state index is 14.6. The molecule has 4 atom stereocenters. The van der Waals surface area contributed by atoms with E-state index in [1.165, 1.54) is 0 Å². The van der Waals surface area contributed by atoms with Crippen molar-refractivity contribution in [3.63, 3.8) is 0 Å². The molecule has 1 saturated heterocycles. The lowest BCUT2D eigenvalue weighted by Gasteiger charge is -2.56. The molecule has 0 radical (unpaired) electrons. The minimum atomic E-state index is -0.706. The van der Waals surface area contributed by atoms with Gasteiger partial charge in [0.05, 0.1) is 52.1 Å². The smallest absolute Gasteiger partial charge is 0.241 e. The molecule has 2 bridgehead atoms. The van der Waals surface area contributed by atoms with Crippen LogP contribution in [-0.4, -0.2) is 69.1 Å². The molecule has 0 aromatic heterocycles. The number of likely N-dealkylation sites (N-methyl/N-ethyl adjacent to an activating group) is 1. The number of aryl methyl sites for hydroxylation is 1. The van der Waals surface area contributed by atoms with Gasteiger partial charge in [0.15, 0.2) is 17.3 Å². The lowest BCUT2D eigenvalue weighted by molar-refractivity contribution is -0.153. The molecule has 2 aromatic carbocycles. The minimum Gasteiger partial charge on any atom is -0.496 e. The predicted octanol–water partition coefficient (Wildman–Crippen LogP) is 4.10. The zero-order chi connectivity index (χ0) is 26.9. The summed E-state index contributed by atoms with van der Waals surface area (Å²) in [6.07, 6.45) is 1.20. The highest BCUT2D eigenvalue weighted by molar-refractivity contribution is 6.10. The molecule has 37 heavy (non-hydrogen) atoms. The zero-order valence-corrected chi connectivity index (χ0v) is 23.1. The number of hydrogen-bond donors (Lipinski definition) is 0. The summed E-state index contributed by atoms with van der Waals surface area (Å²) in [7, 11) is 8.35. The van der Waals surface area contributed by atoms with E-state index in [0.29, 0.717) is 46.8 Å². The Hall–Kier alpha value is -3.26. The van der Waals surface area contributed by atoms with Crippen LogP contribution in [0.4, 0.5) is 0 Å². The first-order valence-electron chi connectivity index (χ1n) is 12.8. The van der Waals surface area contributed by atoms with Crippen molar-refractivity contribution in [3.05, 3.63) is 45.0 Å². The molecule has 8 heteroatoms. The number of rotatable bonds is 5. The van der Waals surface area contributed by atoms with Crippen molar-refractivity contribution in [3.8, 4) is 23.0 Å². The van der Waals surface area contributed by atoms with Crippen LogP contribution in [0.15, 0.2) is 6.07 Å². The number of ketones is 1. The molecule has 1 amide bonds. The Morgan fingerprint density at radius 2 is 1.46 bits per heavy atom. The van der Waals surface area contributed by atoms with Gasteiger partial charge in [0, 0.05) is 11.1 Å². The highest BCUT2D eigenvalue weighted by Gasteiger charge is 2.58. The first-order chi connectivity index (χ1) is 17.7. The van der Waals surface area contributed by atoms with Gasteiger partial charge in [-0.05, 0) is 62.9 Å². The van der Waals surface area contributed by atoms with Crippen molar-refractivity contribution in [2.45, 2.75) is 64.7 Å². The molecule has 1 unspecified atom stereocenters. The fraction of sp³-hybridized carbons (Fsp3) is 0.517. The van der Waals surface area contributed by atoms with Crippen LogP contribution in [0.1, 0.15) is 69.2 Å². The van der Waals surface area contributed by atoms with Gasteiger partial charge in [0.1, 0.15) is 17.5 Å². The molecule has 1 fully saturated rings. The molecule has 2 aromatic rings. The van der Waals surface area contributed by atoms with Crippen LogP contribution in [0.5, 0.6) is 23.0 Å². The van der Waals surface area contributed by atoms with E-state index in [4.69, 9.17) is 18.9 Å². The molecule has 0 N–H and O–H groups in total. The molecular weight excluding hydrogens is 472 g/mol. The van der Waals surface area contributed by atoms with Gasteiger partial charge in [-0.3, -0.25) is 14.5 Å². The summed E-state index contributed by atoms with van der Waals surface area (Å²) in [6.45, 7) is 7.98. The summed E-state index contributed by atoms with van der Waals surface area (Å²) in [6, 6.07) is 0.381. The summed E-state index contributed by atoms with van der Waals surface area (Å²) in [4.78, 5) is 32.7. The molecular formula is C29H36N2O6. The summed E-state index contributed by atoms with van der Waals surface area (Å²) >= 11 is 0. The Kier molecular flexibility index (Phi) is 6.14.